The Balaban J connectivity index is 2.06. The molecule has 0 aliphatic carbocycles. The van der Waals surface area contributed by atoms with Crippen molar-refractivity contribution < 1.29 is 5.21 Å². The van der Waals surface area contributed by atoms with Crippen molar-refractivity contribution in [3.05, 3.63) is 42.2 Å². The van der Waals surface area contributed by atoms with E-state index in [2.05, 4.69) is 25.7 Å². The van der Waals surface area contributed by atoms with Gasteiger partial charge in [0, 0.05) is 18.3 Å². The number of aromatic nitrogens is 5. The molecule has 1 aromatic carbocycles. The summed E-state index contributed by atoms with van der Waals surface area (Å²) >= 11 is 0. The highest BCUT2D eigenvalue weighted by molar-refractivity contribution is 5.97. The highest BCUT2D eigenvalue weighted by atomic mass is 16.4. The monoisotopic (exact) mass is 284 g/mol. The zero-order valence-corrected chi connectivity index (χ0v) is 11.1. The van der Waals surface area contributed by atoms with Gasteiger partial charge >= 0.3 is 0 Å². The number of hydrogen-bond donors (Lipinski definition) is 2. The fourth-order valence-electron chi connectivity index (χ4n) is 1.96. The lowest BCUT2D eigenvalue weighted by Gasteiger charge is -2.19. The fraction of sp³-hybridized carbons (Fsp3) is 0.0833. The summed E-state index contributed by atoms with van der Waals surface area (Å²) in [7, 11) is 1.85. The van der Waals surface area contributed by atoms with Gasteiger partial charge < -0.3 is 15.8 Å². The van der Waals surface area contributed by atoms with E-state index in [1.165, 1.54) is 0 Å². The van der Waals surface area contributed by atoms with Gasteiger partial charge in [-0.3, -0.25) is 4.98 Å². The second-order valence-electron chi connectivity index (χ2n) is 4.31. The Hall–Kier alpha value is -3.23. The second-order valence-corrected chi connectivity index (χ2v) is 4.31. The molecule has 106 valence electrons. The van der Waals surface area contributed by atoms with Crippen LogP contribution in [0.5, 0.6) is 0 Å². The summed E-state index contributed by atoms with van der Waals surface area (Å²) in [5, 5.41) is 23.2. The van der Waals surface area contributed by atoms with Gasteiger partial charge in [0.05, 0.1) is 12.4 Å². The summed E-state index contributed by atoms with van der Waals surface area (Å²) in [5.41, 5.74) is 7.59. The minimum atomic E-state index is 0.0454. The van der Waals surface area contributed by atoms with Crippen LogP contribution < -0.4 is 10.6 Å². The lowest BCUT2D eigenvalue weighted by Crippen LogP contribution is -2.17. The van der Waals surface area contributed by atoms with Crippen LogP contribution in [0.2, 0.25) is 0 Å². The van der Waals surface area contributed by atoms with Crippen LogP contribution in [0, 0.1) is 0 Å². The molecule has 0 saturated heterocycles. The molecule has 2 aromatic heterocycles. The van der Waals surface area contributed by atoms with Crippen molar-refractivity contribution in [2.24, 2.45) is 10.9 Å². The molecule has 3 N–H and O–H groups in total. The van der Waals surface area contributed by atoms with E-state index in [-0.39, 0.29) is 5.84 Å². The zero-order chi connectivity index (χ0) is 14.8. The van der Waals surface area contributed by atoms with Crippen LogP contribution in [0.1, 0.15) is 5.56 Å². The average Bonchev–Trinajstić information content (AvgIpc) is 3.02. The van der Waals surface area contributed by atoms with Gasteiger partial charge in [0.1, 0.15) is 0 Å². The number of benzene rings is 1. The molecule has 0 aliphatic heterocycles. The van der Waals surface area contributed by atoms with Crippen LogP contribution in [0.15, 0.2) is 41.8 Å². The third kappa shape index (κ3) is 2.20. The van der Waals surface area contributed by atoms with Crippen LogP contribution in [0.25, 0.3) is 5.65 Å². The van der Waals surface area contributed by atoms with Crippen LogP contribution in [-0.4, -0.2) is 43.1 Å². The molecule has 3 rings (SSSR count). The van der Waals surface area contributed by atoms with Crippen molar-refractivity contribution in [3.63, 3.8) is 0 Å². The quantitative estimate of drug-likeness (QED) is 0.309. The van der Waals surface area contributed by atoms with Crippen LogP contribution in [0.4, 0.5) is 11.5 Å². The second kappa shape index (κ2) is 5.04. The van der Waals surface area contributed by atoms with E-state index in [9.17, 15) is 0 Å². The number of nitrogens with two attached hydrogens (primary N) is 1. The Morgan fingerprint density at radius 3 is 3.05 bits per heavy atom. The summed E-state index contributed by atoms with van der Waals surface area (Å²) in [6, 6.07) is 7.24. The van der Waals surface area contributed by atoms with E-state index >= 15 is 0 Å². The van der Waals surface area contributed by atoms with Gasteiger partial charge in [-0.05, 0) is 22.6 Å². The Labute approximate surface area is 119 Å². The van der Waals surface area contributed by atoms with E-state index in [0.29, 0.717) is 17.0 Å². The van der Waals surface area contributed by atoms with Gasteiger partial charge in [0.2, 0.25) is 0 Å². The van der Waals surface area contributed by atoms with Gasteiger partial charge in [-0.1, -0.05) is 17.3 Å². The predicted molar refractivity (Wildman–Crippen MR) is 75.6 cm³/mol. The first-order chi connectivity index (χ1) is 10.2. The molecule has 0 fully saturated rings. The molecule has 0 bridgehead atoms. The highest BCUT2D eigenvalue weighted by Crippen LogP contribution is 2.23. The number of rotatable bonds is 3. The summed E-state index contributed by atoms with van der Waals surface area (Å²) in [5.74, 6) is 0.734. The number of oxime groups is 1. The summed E-state index contributed by atoms with van der Waals surface area (Å²) in [4.78, 5) is 5.96. The molecular formula is C12H12N8O. The Kier molecular flexibility index (Phi) is 3.07. The molecule has 9 heteroatoms. The largest absolute Gasteiger partial charge is 0.409 e. The molecule has 21 heavy (non-hydrogen) atoms. The number of nitrogens with zero attached hydrogens (tertiary/aromatic N) is 7. The first-order valence-corrected chi connectivity index (χ1v) is 6.04. The number of anilines is 2. The van der Waals surface area contributed by atoms with Crippen molar-refractivity contribution in [2.75, 3.05) is 11.9 Å². The van der Waals surface area contributed by atoms with Crippen molar-refractivity contribution in [3.8, 4) is 0 Å². The normalized spacial score (nSPS) is 11.8. The molecule has 0 aliphatic rings. The smallest absolute Gasteiger partial charge is 0.199 e. The fourth-order valence-corrected chi connectivity index (χ4v) is 1.96. The third-order valence-corrected chi connectivity index (χ3v) is 3.07. The average molecular weight is 284 g/mol. The van der Waals surface area contributed by atoms with Crippen LogP contribution in [-0.2, 0) is 0 Å². The molecule has 3 aromatic rings. The van der Waals surface area contributed by atoms with Gasteiger partial charge in [-0.15, -0.1) is 5.10 Å². The van der Waals surface area contributed by atoms with E-state index < -0.39 is 0 Å². The van der Waals surface area contributed by atoms with Gasteiger partial charge in [0.15, 0.2) is 17.3 Å². The van der Waals surface area contributed by atoms with Crippen molar-refractivity contribution in [2.45, 2.75) is 0 Å². The standard InChI is InChI=1S/C12H12N8O/c1-19(9-4-2-3-8(5-9)12(13)16-21)11-7-14-6-10-15-17-18-20(10)11/h2-7,21H,1H3,(H2,13,16). The molecule has 0 spiro atoms. The zero-order valence-electron chi connectivity index (χ0n) is 11.1. The van der Waals surface area contributed by atoms with Crippen molar-refractivity contribution in [1.82, 2.24) is 25.0 Å². The maximum atomic E-state index is 8.76. The number of fused-ring (bicyclic) bond motifs is 1. The minimum absolute atomic E-state index is 0.0454. The van der Waals surface area contributed by atoms with Crippen molar-refractivity contribution >= 4 is 23.0 Å². The topological polar surface area (TPSA) is 118 Å². The first kappa shape index (κ1) is 12.8. The molecule has 0 amide bonds. The summed E-state index contributed by atoms with van der Waals surface area (Å²) in [6.45, 7) is 0. The molecule has 2 heterocycles. The molecule has 9 nitrogen and oxygen atoms in total. The number of hydrogen-bond acceptors (Lipinski definition) is 7. The van der Waals surface area contributed by atoms with Gasteiger partial charge in [-0.2, -0.15) is 4.52 Å². The summed E-state index contributed by atoms with van der Waals surface area (Å²) < 4.78 is 1.57. The van der Waals surface area contributed by atoms with Gasteiger partial charge in [0.25, 0.3) is 0 Å². The molecule has 0 radical (unpaired) electrons. The van der Waals surface area contributed by atoms with Crippen molar-refractivity contribution in [1.29, 1.82) is 0 Å². The molecule has 0 saturated carbocycles. The SMILES string of the molecule is CN(c1cccc(C(N)=NO)c1)c1cncc2nnnn12. The van der Waals surface area contributed by atoms with Crippen LogP contribution >= 0.6 is 0 Å². The molecular weight excluding hydrogens is 272 g/mol. The highest BCUT2D eigenvalue weighted by Gasteiger charge is 2.11. The summed E-state index contributed by atoms with van der Waals surface area (Å²) in [6.07, 6.45) is 3.23. The van der Waals surface area contributed by atoms with Gasteiger partial charge in [-0.25, -0.2) is 0 Å². The maximum absolute atomic E-state index is 8.76. The van der Waals surface area contributed by atoms with E-state index in [1.807, 2.05) is 24.1 Å². The Bertz CT molecular complexity index is 812. The van der Waals surface area contributed by atoms with E-state index in [4.69, 9.17) is 10.9 Å². The predicted octanol–water partition coefficient (Wildman–Crippen LogP) is 0.382. The number of tetrazole rings is 1. The minimum Gasteiger partial charge on any atom is -0.409 e. The van der Waals surface area contributed by atoms with Crippen LogP contribution in [0.3, 0.4) is 0 Å². The van der Waals surface area contributed by atoms with E-state index in [1.54, 1.807) is 29.0 Å². The lowest BCUT2D eigenvalue weighted by atomic mass is 10.2. The molecule has 0 atom stereocenters. The first-order valence-electron chi connectivity index (χ1n) is 6.04. The maximum Gasteiger partial charge on any atom is 0.199 e. The Morgan fingerprint density at radius 2 is 2.24 bits per heavy atom. The molecule has 0 unspecified atom stereocenters. The lowest BCUT2D eigenvalue weighted by molar-refractivity contribution is 0.318. The number of amidine groups is 1. The van der Waals surface area contributed by atoms with E-state index in [0.717, 1.165) is 5.69 Å². The third-order valence-electron chi connectivity index (χ3n) is 3.07. The Morgan fingerprint density at radius 1 is 1.38 bits per heavy atom.